The number of amides is 1. The van der Waals surface area contributed by atoms with Gasteiger partial charge >= 0.3 is 0 Å². The average Bonchev–Trinajstić information content (AvgIpc) is 1.99. The molecule has 0 heterocycles. The maximum Gasteiger partial charge on any atom is 0.230 e. The molecule has 64 valence electrons. The fraction of sp³-hybridized carbons (Fsp3) is 0.625. The third-order valence-corrected chi connectivity index (χ3v) is 1.53. The van der Waals surface area contributed by atoms with Gasteiger partial charge in [0, 0.05) is 0 Å². The number of nitrogens with one attached hydrogen (secondary N) is 1. The summed E-state index contributed by atoms with van der Waals surface area (Å²) in [5.41, 5.74) is 2.20. The van der Waals surface area contributed by atoms with Crippen molar-refractivity contribution in [2.45, 2.75) is 20.3 Å². The summed E-state index contributed by atoms with van der Waals surface area (Å²) < 4.78 is 0. The molecule has 3 heteroatoms. The number of hydrogen-bond acceptors (Lipinski definition) is 2. The molecule has 0 aliphatic heterocycles. The minimum Gasteiger partial charge on any atom is -0.277 e. The van der Waals surface area contributed by atoms with Crippen molar-refractivity contribution in [2.75, 3.05) is 6.61 Å². The van der Waals surface area contributed by atoms with Crippen LogP contribution in [0.15, 0.2) is 12.7 Å². The van der Waals surface area contributed by atoms with E-state index in [1.54, 1.807) is 0 Å². The first-order valence-corrected chi connectivity index (χ1v) is 3.57. The first kappa shape index (κ1) is 10.2. The van der Waals surface area contributed by atoms with Crippen molar-refractivity contribution < 1.29 is 9.63 Å². The molecule has 0 aliphatic carbocycles. The number of carbonyl (C=O) groups is 1. The lowest BCUT2D eigenvalue weighted by Crippen LogP contribution is -2.17. The monoisotopic (exact) mass is 157 g/mol. The van der Waals surface area contributed by atoms with Crippen molar-refractivity contribution in [3.8, 4) is 0 Å². The minimum absolute atomic E-state index is 0.0740. The third-order valence-electron chi connectivity index (χ3n) is 1.53. The molecule has 0 atom stereocenters. The van der Waals surface area contributed by atoms with Crippen LogP contribution < -0.4 is 5.48 Å². The Balaban J connectivity index is 3.37. The van der Waals surface area contributed by atoms with E-state index in [0.29, 0.717) is 13.0 Å². The summed E-state index contributed by atoms with van der Waals surface area (Å²) in [5, 5.41) is 0. The van der Waals surface area contributed by atoms with Gasteiger partial charge in [-0.3, -0.25) is 9.63 Å². The average molecular weight is 157 g/mol. The predicted octanol–water partition coefficient (Wildman–Crippen LogP) is 1.27. The lowest BCUT2D eigenvalue weighted by atomic mass is 9.90. The molecule has 0 saturated heterocycles. The van der Waals surface area contributed by atoms with E-state index in [2.05, 4.69) is 25.9 Å². The molecule has 1 amide bonds. The highest BCUT2D eigenvalue weighted by Gasteiger charge is 2.11. The Bertz CT molecular complexity index is 132. The molecule has 0 rings (SSSR count). The number of rotatable bonds is 6. The van der Waals surface area contributed by atoms with Crippen LogP contribution in [-0.4, -0.2) is 13.0 Å². The molecule has 0 aromatic rings. The second-order valence-electron chi connectivity index (χ2n) is 3.03. The predicted molar refractivity (Wildman–Crippen MR) is 43.7 cm³/mol. The van der Waals surface area contributed by atoms with Gasteiger partial charge in [0.1, 0.15) is 0 Å². The summed E-state index contributed by atoms with van der Waals surface area (Å²) in [5.74, 6) is 0. The van der Waals surface area contributed by atoms with Crippen LogP contribution in [0.5, 0.6) is 0 Å². The van der Waals surface area contributed by atoms with E-state index < -0.39 is 0 Å². The summed E-state index contributed by atoms with van der Waals surface area (Å²) >= 11 is 0. The molecule has 0 saturated carbocycles. The highest BCUT2D eigenvalue weighted by Crippen LogP contribution is 2.20. The molecule has 0 aliphatic rings. The molecule has 0 aromatic heterocycles. The molecule has 11 heavy (non-hydrogen) atoms. The zero-order valence-corrected chi connectivity index (χ0v) is 7.09. The molecule has 0 spiro atoms. The van der Waals surface area contributed by atoms with Crippen molar-refractivity contribution >= 4 is 6.41 Å². The fourth-order valence-corrected chi connectivity index (χ4v) is 0.509. The van der Waals surface area contributed by atoms with E-state index in [0.717, 1.165) is 6.42 Å². The molecular formula is C8H15NO2. The summed E-state index contributed by atoms with van der Waals surface area (Å²) in [4.78, 5) is 14.5. The second kappa shape index (κ2) is 4.91. The van der Waals surface area contributed by atoms with Crippen molar-refractivity contribution in [1.29, 1.82) is 0 Å². The first-order valence-electron chi connectivity index (χ1n) is 3.57. The maximum absolute atomic E-state index is 9.74. The topological polar surface area (TPSA) is 38.3 Å². The molecule has 0 unspecified atom stereocenters. The van der Waals surface area contributed by atoms with Crippen molar-refractivity contribution in [2.24, 2.45) is 5.41 Å². The molecule has 0 fully saturated rings. The van der Waals surface area contributed by atoms with Gasteiger partial charge in [0.25, 0.3) is 0 Å². The van der Waals surface area contributed by atoms with Crippen LogP contribution >= 0.6 is 0 Å². The minimum atomic E-state index is 0.0740. The number of hydrogen-bond donors (Lipinski definition) is 1. The Morgan fingerprint density at radius 1 is 1.64 bits per heavy atom. The van der Waals surface area contributed by atoms with Crippen molar-refractivity contribution in [1.82, 2.24) is 5.48 Å². The zero-order chi connectivity index (χ0) is 8.74. The second-order valence-corrected chi connectivity index (χ2v) is 3.03. The molecule has 0 aromatic carbocycles. The first-order chi connectivity index (χ1) is 5.12. The van der Waals surface area contributed by atoms with Crippen LogP contribution in [-0.2, 0) is 9.63 Å². The Hall–Kier alpha value is -0.830. The molecular weight excluding hydrogens is 142 g/mol. The molecule has 1 N–H and O–H groups in total. The van der Waals surface area contributed by atoms with Crippen LogP contribution in [0.1, 0.15) is 20.3 Å². The van der Waals surface area contributed by atoms with Gasteiger partial charge in [-0.25, -0.2) is 5.48 Å². The Morgan fingerprint density at radius 2 is 2.27 bits per heavy atom. The van der Waals surface area contributed by atoms with Crippen LogP contribution in [0.4, 0.5) is 0 Å². The lowest BCUT2D eigenvalue weighted by molar-refractivity contribution is -0.121. The Kier molecular flexibility index (Phi) is 4.54. The number of hydroxylamine groups is 1. The van der Waals surface area contributed by atoms with Crippen LogP contribution in [0, 0.1) is 5.41 Å². The number of allylic oxidation sites excluding steroid dienone is 1. The third kappa shape index (κ3) is 5.61. The molecule has 0 radical (unpaired) electrons. The highest BCUT2D eigenvalue weighted by molar-refractivity contribution is 5.43. The van der Waals surface area contributed by atoms with Crippen LogP contribution in [0.25, 0.3) is 0 Å². The van der Waals surface area contributed by atoms with E-state index in [9.17, 15) is 4.79 Å². The van der Waals surface area contributed by atoms with Crippen LogP contribution in [0.2, 0.25) is 0 Å². The molecule has 3 nitrogen and oxygen atoms in total. The summed E-state index contributed by atoms with van der Waals surface area (Å²) in [7, 11) is 0. The van der Waals surface area contributed by atoms with E-state index in [1.165, 1.54) is 0 Å². The van der Waals surface area contributed by atoms with Gasteiger partial charge in [-0.15, -0.1) is 6.58 Å². The Labute approximate surface area is 67.4 Å². The van der Waals surface area contributed by atoms with Gasteiger partial charge in [-0.1, -0.05) is 19.9 Å². The van der Waals surface area contributed by atoms with Crippen molar-refractivity contribution in [3.63, 3.8) is 0 Å². The van der Waals surface area contributed by atoms with Crippen LogP contribution in [0.3, 0.4) is 0 Å². The Morgan fingerprint density at radius 3 is 2.73 bits per heavy atom. The zero-order valence-electron chi connectivity index (χ0n) is 7.09. The quantitative estimate of drug-likeness (QED) is 0.273. The van der Waals surface area contributed by atoms with Crippen molar-refractivity contribution in [3.05, 3.63) is 12.7 Å². The summed E-state index contributed by atoms with van der Waals surface area (Å²) in [6, 6.07) is 0. The highest BCUT2D eigenvalue weighted by atomic mass is 16.6. The fourth-order valence-electron chi connectivity index (χ4n) is 0.509. The molecule has 0 bridgehead atoms. The number of carbonyl (C=O) groups excluding carboxylic acids is 1. The van der Waals surface area contributed by atoms with Gasteiger partial charge in [0.2, 0.25) is 6.41 Å². The standard InChI is InChI=1S/C8H15NO2/c1-4-8(2,3)5-6-11-9-7-10/h4,7H,1,5-6H2,2-3H3,(H,9,10). The van der Waals surface area contributed by atoms with E-state index in [-0.39, 0.29) is 5.41 Å². The van der Waals surface area contributed by atoms with E-state index >= 15 is 0 Å². The van der Waals surface area contributed by atoms with Gasteiger partial charge in [-0.2, -0.15) is 0 Å². The summed E-state index contributed by atoms with van der Waals surface area (Å²) in [6.45, 7) is 8.32. The van der Waals surface area contributed by atoms with Gasteiger partial charge in [0.05, 0.1) is 6.61 Å². The van der Waals surface area contributed by atoms with Gasteiger partial charge < -0.3 is 0 Å². The normalized spacial score (nSPS) is 10.7. The van der Waals surface area contributed by atoms with Gasteiger partial charge in [-0.05, 0) is 11.8 Å². The summed E-state index contributed by atoms with van der Waals surface area (Å²) in [6.07, 6.45) is 3.23. The largest absolute Gasteiger partial charge is 0.277 e. The van der Waals surface area contributed by atoms with E-state index in [4.69, 9.17) is 4.84 Å². The van der Waals surface area contributed by atoms with E-state index in [1.807, 2.05) is 6.08 Å². The smallest absolute Gasteiger partial charge is 0.230 e. The van der Waals surface area contributed by atoms with Gasteiger partial charge in [0.15, 0.2) is 0 Å². The lowest BCUT2D eigenvalue weighted by Gasteiger charge is -2.18. The maximum atomic E-state index is 9.74. The SMILES string of the molecule is C=CC(C)(C)CCONC=O.